The summed E-state index contributed by atoms with van der Waals surface area (Å²) in [5.41, 5.74) is 0.625. The SMILES string of the molecule is C[C@@]12C[C@@H](NC(=O)N1c1cccc(F)c1)c1ccccc1O2. The number of fused-ring (bicyclic) bond motifs is 4. The van der Waals surface area contributed by atoms with Crippen molar-refractivity contribution >= 4 is 11.7 Å². The summed E-state index contributed by atoms with van der Waals surface area (Å²) >= 11 is 0. The maximum atomic E-state index is 13.5. The molecule has 5 heteroatoms. The molecule has 0 radical (unpaired) electrons. The molecule has 112 valence electrons. The molecule has 0 spiro atoms. The van der Waals surface area contributed by atoms with Gasteiger partial charge in [-0.05, 0) is 31.2 Å². The number of rotatable bonds is 1. The molecule has 22 heavy (non-hydrogen) atoms. The van der Waals surface area contributed by atoms with E-state index in [2.05, 4.69) is 5.32 Å². The highest BCUT2D eigenvalue weighted by molar-refractivity contribution is 5.94. The van der Waals surface area contributed by atoms with Crippen LogP contribution in [0.4, 0.5) is 14.9 Å². The summed E-state index contributed by atoms with van der Waals surface area (Å²) in [5, 5.41) is 2.98. The van der Waals surface area contributed by atoms with E-state index in [0.29, 0.717) is 12.1 Å². The lowest BCUT2D eigenvalue weighted by Crippen LogP contribution is -2.65. The number of hydrogen-bond donors (Lipinski definition) is 1. The lowest BCUT2D eigenvalue weighted by molar-refractivity contribution is 0.0378. The Labute approximate surface area is 127 Å². The number of nitrogens with zero attached hydrogens (tertiary/aromatic N) is 1. The Hall–Kier alpha value is -2.56. The minimum Gasteiger partial charge on any atom is -0.467 e. The summed E-state index contributed by atoms with van der Waals surface area (Å²) in [4.78, 5) is 14.0. The van der Waals surface area contributed by atoms with Gasteiger partial charge in [-0.25, -0.2) is 9.18 Å². The molecule has 1 fully saturated rings. The number of amides is 2. The molecule has 2 bridgehead atoms. The third-order valence-electron chi connectivity index (χ3n) is 4.25. The zero-order chi connectivity index (χ0) is 15.3. The molecule has 4 rings (SSSR count). The van der Waals surface area contributed by atoms with Gasteiger partial charge in [-0.3, -0.25) is 4.90 Å². The van der Waals surface area contributed by atoms with E-state index in [-0.39, 0.29) is 17.9 Å². The average Bonchev–Trinajstić information content (AvgIpc) is 2.46. The Morgan fingerprint density at radius 2 is 2.09 bits per heavy atom. The number of carbonyl (C=O) groups excluding carboxylic acids is 1. The van der Waals surface area contributed by atoms with E-state index < -0.39 is 5.72 Å². The van der Waals surface area contributed by atoms with Crippen molar-refractivity contribution in [1.82, 2.24) is 5.32 Å². The molecular formula is C17H15FN2O2. The van der Waals surface area contributed by atoms with E-state index in [9.17, 15) is 9.18 Å². The first-order valence-corrected chi connectivity index (χ1v) is 7.21. The molecule has 4 nitrogen and oxygen atoms in total. The third kappa shape index (κ3) is 1.85. The fraction of sp³-hybridized carbons (Fsp3) is 0.235. The molecule has 2 amide bonds. The summed E-state index contributed by atoms with van der Waals surface area (Å²) in [6.07, 6.45) is 0.603. The minimum atomic E-state index is -0.838. The van der Waals surface area contributed by atoms with Crippen LogP contribution in [-0.4, -0.2) is 11.8 Å². The van der Waals surface area contributed by atoms with Crippen molar-refractivity contribution in [3.8, 4) is 5.75 Å². The Morgan fingerprint density at radius 1 is 1.27 bits per heavy atom. The molecule has 2 heterocycles. The zero-order valence-corrected chi connectivity index (χ0v) is 12.0. The molecule has 1 N–H and O–H groups in total. The fourth-order valence-electron chi connectivity index (χ4n) is 3.33. The Balaban J connectivity index is 1.82. The number of anilines is 1. The van der Waals surface area contributed by atoms with Gasteiger partial charge in [0.2, 0.25) is 0 Å². The Bertz CT molecular complexity index is 764. The second kappa shape index (κ2) is 4.47. The van der Waals surface area contributed by atoms with Crippen LogP contribution in [0.3, 0.4) is 0 Å². The number of nitrogens with one attached hydrogen (secondary N) is 1. The van der Waals surface area contributed by atoms with Gasteiger partial charge in [-0.15, -0.1) is 0 Å². The highest BCUT2D eigenvalue weighted by Crippen LogP contribution is 2.45. The van der Waals surface area contributed by atoms with Crippen molar-refractivity contribution in [2.24, 2.45) is 0 Å². The molecule has 2 atom stereocenters. The molecule has 1 saturated heterocycles. The van der Waals surface area contributed by atoms with E-state index in [0.717, 1.165) is 11.3 Å². The van der Waals surface area contributed by atoms with Crippen LogP contribution in [0.25, 0.3) is 0 Å². The predicted octanol–water partition coefficient (Wildman–Crippen LogP) is 3.60. The number of ether oxygens (including phenoxy) is 1. The van der Waals surface area contributed by atoms with Gasteiger partial charge in [0.15, 0.2) is 5.72 Å². The standard InChI is InChI=1S/C17H15FN2O2/c1-17-10-14(13-7-2-3-8-15(13)22-17)19-16(21)20(17)12-6-4-5-11(18)9-12/h2-9,14H,10H2,1H3,(H,19,21)/t14-,17-/m1/s1. The predicted molar refractivity (Wildman–Crippen MR) is 80.2 cm³/mol. The van der Waals surface area contributed by atoms with Gasteiger partial charge < -0.3 is 10.1 Å². The molecule has 0 unspecified atom stereocenters. The zero-order valence-electron chi connectivity index (χ0n) is 12.0. The number of para-hydroxylation sites is 1. The lowest BCUT2D eigenvalue weighted by atomic mass is 9.90. The summed E-state index contributed by atoms with van der Waals surface area (Å²) in [6.45, 7) is 1.86. The number of benzene rings is 2. The van der Waals surface area contributed by atoms with Crippen molar-refractivity contribution in [3.63, 3.8) is 0 Å². The monoisotopic (exact) mass is 298 g/mol. The maximum Gasteiger partial charge on any atom is 0.325 e. The smallest absolute Gasteiger partial charge is 0.325 e. The van der Waals surface area contributed by atoms with Crippen LogP contribution in [0.1, 0.15) is 24.9 Å². The highest BCUT2D eigenvalue weighted by Gasteiger charge is 2.49. The third-order valence-corrected chi connectivity index (χ3v) is 4.25. The molecule has 0 saturated carbocycles. The Kier molecular flexibility index (Phi) is 2.66. The van der Waals surface area contributed by atoms with E-state index in [1.165, 1.54) is 17.0 Å². The maximum absolute atomic E-state index is 13.5. The molecule has 0 aliphatic carbocycles. The summed E-state index contributed by atoms with van der Waals surface area (Å²) in [6, 6.07) is 13.3. The first-order chi connectivity index (χ1) is 10.6. The summed E-state index contributed by atoms with van der Waals surface area (Å²) in [5.74, 6) is 0.370. The largest absolute Gasteiger partial charge is 0.467 e. The number of hydrogen-bond acceptors (Lipinski definition) is 2. The second-order valence-corrected chi connectivity index (χ2v) is 5.84. The van der Waals surface area contributed by atoms with Gasteiger partial charge in [0, 0.05) is 12.0 Å². The van der Waals surface area contributed by atoms with Gasteiger partial charge in [-0.2, -0.15) is 0 Å². The summed E-state index contributed by atoms with van der Waals surface area (Å²) < 4.78 is 19.6. The van der Waals surface area contributed by atoms with Crippen molar-refractivity contribution in [2.45, 2.75) is 25.1 Å². The van der Waals surface area contributed by atoms with Gasteiger partial charge in [0.05, 0.1) is 11.7 Å². The second-order valence-electron chi connectivity index (χ2n) is 5.84. The lowest BCUT2D eigenvalue weighted by Gasteiger charge is -2.50. The normalized spacial score (nSPS) is 26.0. The van der Waals surface area contributed by atoms with Crippen LogP contribution >= 0.6 is 0 Å². The quantitative estimate of drug-likeness (QED) is 0.874. The van der Waals surface area contributed by atoms with Gasteiger partial charge >= 0.3 is 6.03 Å². The molecule has 2 aliphatic rings. The molecule has 0 aromatic heterocycles. The van der Waals surface area contributed by atoms with Crippen LogP contribution < -0.4 is 15.0 Å². The number of halogens is 1. The molecule has 2 aliphatic heterocycles. The first kappa shape index (κ1) is 13.1. The van der Waals surface area contributed by atoms with E-state index >= 15 is 0 Å². The molecular weight excluding hydrogens is 283 g/mol. The Morgan fingerprint density at radius 3 is 2.91 bits per heavy atom. The average molecular weight is 298 g/mol. The van der Waals surface area contributed by atoms with Crippen LogP contribution in [0.15, 0.2) is 48.5 Å². The van der Waals surface area contributed by atoms with E-state index in [1.54, 1.807) is 12.1 Å². The first-order valence-electron chi connectivity index (χ1n) is 7.21. The van der Waals surface area contributed by atoms with E-state index in [1.807, 2.05) is 31.2 Å². The summed E-state index contributed by atoms with van der Waals surface area (Å²) in [7, 11) is 0. The molecule has 2 aromatic carbocycles. The van der Waals surface area contributed by atoms with Crippen LogP contribution in [-0.2, 0) is 0 Å². The minimum absolute atomic E-state index is 0.0905. The van der Waals surface area contributed by atoms with Gasteiger partial charge in [0.25, 0.3) is 0 Å². The van der Waals surface area contributed by atoms with Crippen LogP contribution in [0.5, 0.6) is 5.75 Å². The van der Waals surface area contributed by atoms with Crippen molar-refractivity contribution < 1.29 is 13.9 Å². The topological polar surface area (TPSA) is 41.6 Å². The fourth-order valence-corrected chi connectivity index (χ4v) is 3.33. The molecule has 2 aromatic rings. The van der Waals surface area contributed by atoms with Crippen LogP contribution in [0, 0.1) is 5.82 Å². The van der Waals surface area contributed by atoms with Gasteiger partial charge in [0.1, 0.15) is 11.6 Å². The van der Waals surface area contributed by atoms with Crippen LogP contribution in [0.2, 0.25) is 0 Å². The van der Waals surface area contributed by atoms with Gasteiger partial charge in [-0.1, -0.05) is 24.3 Å². The van der Waals surface area contributed by atoms with Crippen molar-refractivity contribution in [1.29, 1.82) is 0 Å². The number of urea groups is 1. The van der Waals surface area contributed by atoms with Crippen molar-refractivity contribution in [2.75, 3.05) is 4.90 Å². The number of carbonyl (C=O) groups is 1. The van der Waals surface area contributed by atoms with Crippen molar-refractivity contribution in [3.05, 3.63) is 59.9 Å². The highest BCUT2D eigenvalue weighted by atomic mass is 19.1. The van der Waals surface area contributed by atoms with E-state index in [4.69, 9.17) is 4.74 Å².